The topological polar surface area (TPSA) is 72.9 Å². The maximum absolute atomic E-state index is 12.7. The van der Waals surface area contributed by atoms with Crippen LogP contribution >= 0.6 is 11.8 Å². The third kappa shape index (κ3) is 4.86. The van der Waals surface area contributed by atoms with Crippen molar-refractivity contribution in [1.29, 1.82) is 0 Å². The van der Waals surface area contributed by atoms with Crippen LogP contribution < -0.4 is 9.47 Å². The van der Waals surface area contributed by atoms with Crippen LogP contribution in [0.3, 0.4) is 0 Å². The zero-order valence-electron chi connectivity index (χ0n) is 16.2. The molecule has 150 valence electrons. The van der Waals surface area contributed by atoms with Crippen LogP contribution in [-0.4, -0.2) is 41.6 Å². The lowest BCUT2D eigenvalue weighted by Gasteiger charge is -2.12. The van der Waals surface area contributed by atoms with E-state index in [1.54, 1.807) is 54.6 Å². The van der Waals surface area contributed by atoms with Crippen LogP contribution in [0.4, 0.5) is 4.79 Å². The number of carbonyl (C=O) groups excluding carboxylic acids is 3. The summed E-state index contributed by atoms with van der Waals surface area (Å²) in [4.78, 5) is 38.7. The minimum atomic E-state index is -0.486. The Labute approximate surface area is 173 Å². The molecule has 0 saturated carbocycles. The van der Waals surface area contributed by atoms with Gasteiger partial charge in [-0.1, -0.05) is 30.3 Å². The molecule has 1 fully saturated rings. The van der Waals surface area contributed by atoms with Crippen LogP contribution in [0.15, 0.2) is 53.4 Å². The van der Waals surface area contributed by atoms with Gasteiger partial charge in [-0.25, -0.2) is 0 Å². The summed E-state index contributed by atoms with van der Waals surface area (Å²) >= 11 is 0.815. The Morgan fingerprint density at radius 3 is 2.45 bits per heavy atom. The Kier molecular flexibility index (Phi) is 6.72. The van der Waals surface area contributed by atoms with Crippen molar-refractivity contribution < 1.29 is 23.9 Å². The molecule has 1 saturated heterocycles. The van der Waals surface area contributed by atoms with Gasteiger partial charge in [-0.15, -0.1) is 0 Å². The van der Waals surface area contributed by atoms with Crippen LogP contribution in [0.5, 0.6) is 11.5 Å². The molecule has 0 aliphatic carbocycles. The van der Waals surface area contributed by atoms with Crippen molar-refractivity contribution in [2.75, 3.05) is 19.8 Å². The number of rotatable bonds is 8. The molecule has 0 aromatic heterocycles. The summed E-state index contributed by atoms with van der Waals surface area (Å²) in [5, 5.41) is -0.463. The lowest BCUT2D eigenvalue weighted by atomic mass is 10.1. The number of nitrogens with zero attached hydrogens (tertiary/aromatic N) is 1. The molecule has 2 amide bonds. The van der Waals surface area contributed by atoms with E-state index < -0.39 is 11.1 Å². The minimum Gasteiger partial charge on any atom is -0.494 e. The normalized spacial score (nSPS) is 15.1. The summed E-state index contributed by atoms with van der Waals surface area (Å²) in [5.41, 5.74) is 1.12. The average molecular weight is 411 g/mol. The standard InChI is InChI=1S/C22H21NO5S/c1-3-27-17-11-10-16(19(13-17)28-4-2)12-20-21(25)23(22(26)29-20)14-18(24)15-8-6-5-7-9-15/h5-13H,3-4,14H2,1-2H3. The second-order valence-electron chi connectivity index (χ2n) is 6.12. The molecular weight excluding hydrogens is 390 g/mol. The molecule has 0 unspecified atom stereocenters. The number of amides is 2. The van der Waals surface area contributed by atoms with Crippen LogP contribution in [0.2, 0.25) is 0 Å². The molecular formula is C22H21NO5S. The lowest BCUT2D eigenvalue weighted by molar-refractivity contribution is -0.122. The van der Waals surface area contributed by atoms with E-state index in [-0.39, 0.29) is 17.2 Å². The van der Waals surface area contributed by atoms with E-state index in [4.69, 9.17) is 9.47 Å². The van der Waals surface area contributed by atoms with Gasteiger partial charge in [0.1, 0.15) is 11.5 Å². The van der Waals surface area contributed by atoms with E-state index in [9.17, 15) is 14.4 Å². The molecule has 2 aromatic carbocycles. The molecule has 29 heavy (non-hydrogen) atoms. The van der Waals surface area contributed by atoms with E-state index in [0.29, 0.717) is 35.8 Å². The lowest BCUT2D eigenvalue weighted by Crippen LogP contribution is -2.33. The molecule has 0 atom stereocenters. The highest BCUT2D eigenvalue weighted by atomic mass is 32.2. The van der Waals surface area contributed by atoms with E-state index in [1.165, 1.54) is 0 Å². The first-order valence-electron chi connectivity index (χ1n) is 9.26. The summed E-state index contributed by atoms with van der Waals surface area (Å²) in [5.74, 6) is 0.450. The molecule has 0 spiro atoms. The first-order valence-corrected chi connectivity index (χ1v) is 10.1. The van der Waals surface area contributed by atoms with Crippen LogP contribution in [-0.2, 0) is 4.79 Å². The van der Waals surface area contributed by atoms with E-state index in [0.717, 1.165) is 16.7 Å². The molecule has 7 heteroatoms. The molecule has 1 aliphatic heterocycles. The van der Waals surface area contributed by atoms with E-state index in [2.05, 4.69) is 0 Å². The number of carbonyl (C=O) groups is 3. The molecule has 1 heterocycles. The maximum atomic E-state index is 12.7. The van der Waals surface area contributed by atoms with Gasteiger partial charge in [0, 0.05) is 17.2 Å². The molecule has 0 radical (unpaired) electrons. The number of imide groups is 1. The van der Waals surface area contributed by atoms with Gasteiger partial charge in [0.05, 0.1) is 24.7 Å². The van der Waals surface area contributed by atoms with Crippen LogP contribution in [0.25, 0.3) is 6.08 Å². The molecule has 3 rings (SSSR count). The Hall–Kier alpha value is -3.06. The fourth-order valence-electron chi connectivity index (χ4n) is 2.81. The fourth-order valence-corrected chi connectivity index (χ4v) is 3.64. The number of benzene rings is 2. The highest BCUT2D eigenvalue weighted by Crippen LogP contribution is 2.35. The quantitative estimate of drug-likeness (QED) is 0.473. The van der Waals surface area contributed by atoms with Gasteiger partial charge in [-0.05, 0) is 43.8 Å². The van der Waals surface area contributed by atoms with Gasteiger partial charge in [0.15, 0.2) is 5.78 Å². The van der Waals surface area contributed by atoms with Gasteiger partial charge in [0.2, 0.25) is 0 Å². The number of hydrogen-bond acceptors (Lipinski definition) is 6. The third-order valence-electron chi connectivity index (χ3n) is 4.15. The van der Waals surface area contributed by atoms with Crippen molar-refractivity contribution in [1.82, 2.24) is 4.90 Å². The Morgan fingerprint density at radius 1 is 1.03 bits per heavy atom. The summed E-state index contributed by atoms with van der Waals surface area (Å²) in [6.45, 7) is 4.44. The highest BCUT2D eigenvalue weighted by Gasteiger charge is 2.36. The predicted octanol–water partition coefficient (Wildman–Crippen LogP) is 4.40. The van der Waals surface area contributed by atoms with Crippen molar-refractivity contribution in [3.63, 3.8) is 0 Å². The van der Waals surface area contributed by atoms with Crippen LogP contribution in [0, 0.1) is 0 Å². The minimum absolute atomic E-state index is 0.251. The largest absolute Gasteiger partial charge is 0.494 e. The highest BCUT2D eigenvalue weighted by molar-refractivity contribution is 8.18. The first-order chi connectivity index (χ1) is 14.0. The van der Waals surface area contributed by atoms with Gasteiger partial charge < -0.3 is 9.47 Å². The Bertz CT molecular complexity index is 955. The summed E-state index contributed by atoms with van der Waals surface area (Å²) in [6.07, 6.45) is 1.61. The molecule has 2 aromatic rings. The van der Waals surface area contributed by atoms with Gasteiger partial charge in [-0.2, -0.15) is 0 Å². The fraction of sp³-hybridized carbons (Fsp3) is 0.227. The summed E-state index contributed by atoms with van der Waals surface area (Å²) in [6, 6.07) is 13.9. The van der Waals surface area contributed by atoms with Crippen molar-refractivity contribution in [2.45, 2.75) is 13.8 Å². The monoisotopic (exact) mass is 411 g/mol. The number of ether oxygens (including phenoxy) is 2. The summed E-state index contributed by atoms with van der Waals surface area (Å²) < 4.78 is 11.1. The summed E-state index contributed by atoms with van der Waals surface area (Å²) in [7, 11) is 0. The molecule has 0 bridgehead atoms. The van der Waals surface area contributed by atoms with Gasteiger partial charge in [0.25, 0.3) is 11.1 Å². The van der Waals surface area contributed by atoms with E-state index >= 15 is 0 Å². The number of ketones is 1. The average Bonchev–Trinajstić information content (AvgIpc) is 2.98. The van der Waals surface area contributed by atoms with Crippen molar-refractivity contribution in [2.24, 2.45) is 0 Å². The third-order valence-corrected chi connectivity index (χ3v) is 5.06. The molecule has 6 nitrogen and oxygen atoms in total. The SMILES string of the molecule is CCOc1ccc(C=C2SC(=O)N(CC(=O)c3ccccc3)C2=O)c(OCC)c1. The number of thioether (sulfide) groups is 1. The Balaban J connectivity index is 1.81. The van der Waals surface area contributed by atoms with Crippen molar-refractivity contribution in [3.8, 4) is 11.5 Å². The Morgan fingerprint density at radius 2 is 1.76 bits per heavy atom. The number of hydrogen-bond donors (Lipinski definition) is 0. The zero-order valence-corrected chi connectivity index (χ0v) is 17.0. The molecule has 0 N–H and O–H groups in total. The molecule has 1 aliphatic rings. The number of Topliss-reactive ketones (excluding diaryl/α,β-unsaturated/α-hetero) is 1. The van der Waals surface area contributed by atoms with Gasteiger partial charge >= 0.3 is 0 Å². The zero-order chi connectivity index (χ0) is 20.8. The van der Waals surface area contributed by atoms with Crippen LogP contribution in [0.1, 0.15) is 29.8 Å². The van der Waals surface area contributed by atoms with Crippen molar-refractivity contribution in [3.05, 3.63) is 64.6 Å². The first kappa shape index (κ1) is 20.7. The second kappa shape index (κ2) is 9.43. The van der Waals surface area contributed by atoms with E-state index in [1.807, 2.05) is 13.8 Å². The smallest absolute Gasteiger partial charge is 0.293 e. The predicted molar refractivity (Wildman–Crippen MR) is 112 cm³/mol. The maximum Gasteiger partial charge on any atom is 0.293 e. The van der Waals surface area contributed by atoms with Crippen molar-refractivity contribution >= 4 is 34.8 Å². The second-order valence-corrected chi connectivity index (χ2v) is 7.12. The van der Waals surface area contributed by atoms with Gasteiger partial charge in [-0.3, -0.25) is 19.3 Å².